The van der Waals surface area contributed by atoms with Crippen LogP contribution >= 0.6 is 0 Å². The maximum Gasteiger partial charge on any atom is 0.411 e. The van der Waals surface area contributed by atoms with Crippen molar-refractivity contribution < 1.29 is 14.3 Å². The van der Waals surface area contributed by atoms with E-state index in [0.717, 1.165) is 18.7 Å². The molecule has 0 unspecified atom stereocenters. The van der Waals surface area contributed by atoms with Gasteiger partial charge in [0.05, 0.1) is 7.11 Å². The molecule has 1 N–H and O–H groups in total. The highest BCUT2D eigenvalue weighted by Crippen LogP contribution is 2.21. The number of rotatable bonds is 2. The first-order chi connectivity index (χ1) is 9.11. The average molecular weight is 263 g/mol. The number of carbonyl (C=O) groups excluding carboxylic acids is 2. The first-order valence-electron chi connectivity index (χ1n) is 6.09. The molecule has 1 aromatic carbocycles. The van der Waals surface area contributed by atoms with Crippen LogP contribution in [0, 0.1) is 0 Å². The van der Waals surface area contributed by atoms with E-state index in [1.807, 2.05) is 12.1 Å². The van der Waals surface area contributed by atoms with E-state index in [-0.39, 0.29) is 6.03 Å². The van der Waals surface area contributed by atoms with Gasteiger partial charge in [-0.15, -0.1) is 0 Å². The van der Waals surface area contributed by atoms with Crippen LogP contribution in [0.15, 0.2) is 24.3 Å². The predicted molar refractivity (Wildman–Crippen MR) is 72.5 cm³/mol. The Labute approximate surface area is 111 Å². The molecule has 102 valence electrons. The zero-order valence-electron chi connectivity index (χ0n) is 11.0. The second kappa shape index (κ2) is 5.60. The number of methoxy groups -OCH3 is 1. The Kier molecular flexibility index (Phi) is 3.89. The number of amides is 3. The summed E-state index contributed by atoms with van der Waals surface area (Å²) < 4.78 is 4.51. The normalized spacial score (nSPS) is 15.4. The van der Waals surface area contributed by atoms with Crippen LogP contribution in [0.4, 0.5) is 21.0 Å². The molecule has 3 amide bonds. The largest absolute Gasteiger partial charge is 0.453 e. The maximum absolute atomic E-state index is 12.0. The summed E-state index contributed by atoms with van der Waals surface area (Å²) in [4.78, 5) is 26.5. The summed E-state index contributed by atoms with van der Waals surface area (Å²) in [6, 6.07) is 7.10. The molecular formula is C13H17N3O3. The third-order valence-corrected chi connectivity index (χ3v) is 3.04. The molecule has 0 radical (unpaired) electrons. The van der Waals surface area contributed by atoms with E-state index >= 15 is 0 Å². The van der Waals surface area contributed by atoms with E-state index in [4.69, 9.17) is 0 Å². The summed E-state index contributed by atoms with van der Waals surface area (Å²) in [6.07, 6.45) is 0.436. The highest BCUT2D eigenvalue weighted by atomic mass is 16.5. The van der Waals surface area contributed by atoms with E-state index < -0.39 is 6.09 Å². The van der Waals surface area contributed by atoms with Crippen LogP contribution < -0.4 is 10.2 Å². The van der Waals surface area contributed by atoms with Crippen molar-refractivity contribution >= 4 is 23.5 Å². The maximum atomic E-state index is 12.0. The molecule has 1 aliphatic rings. The summed E-state index contributed by atoms with van der Waals surface area (Å²) in [6.45, 7) is 1.50. The van der Waals surface area contributed by atoms with Gasteiger partial charge in [-0.05, 0) is 30.7 Å². The molecule has 1 saturated heterocycles. The minimum atomic E-state index is -0.512. The SMILES string of the molecule is COC(=O)Nc1ccc(N2CCCN(C)C2=O)cc1. The number of hydrogen-bond donors (Lipinski definition) is 1. The van der Waals surface area contributed by atoms with E-state index in [1.54, 1.807) is 29.0 Å². The van der Waals surface area contributed by atoms with Gasteiger partial charge in [0.1, 0.15) is 0 Å². The van der Waals surface area contributed by atoms with Gasteiger partial charge in [0.15, 0.2) is 0 Å². The van der Waals surface area contributed by atoms with Crippen molar-refractivity contribution in [3.8, 4) is 0 Å². The lowest BCUT2D eigenvalue weighted by Gasteiger charge is -2.33. The van der Waals surface area contributed by atoms with Crippen molar-refractivity contribution in [3.05, 3.63) is 24.3 Å². The zero-order valence-corrected chi connectivity index (χ0v) is 11.0. The van der Waals surface area contributed by atoms with E-state index in [9.17, 15) is 9.59 Å². The minimum Gasteiger partial charge on any atom is -0.453 e. The van der Waals surface area contributed by atoms with E-state index in [2.05, 4.69) is 10.1 Å². The van der Waals surface area contributed by atoms with Crippen molar-refractivity contribution in [1.82, 2.24) is 4.90 Å². The Morgan fingerprint density at radius 3 is 2.58 bits per heavy atom. The fourth-order valence-corrected chi connectivity index (χ4v) is 2.00. The third kappa shape index (κ3) is 2.96. The zero-order chi connectivity index (χ0) is 13.8. The molecule has 6 heteroatoms. The number of urea groups is 1. The molecular weight excluding hydrogens is 246 g/mol. The standard InChI is InChI=1S/C13H17N3O3/c1-15-8-3-9-16(13(15)18)11-6-4-10(5-7-11)14-12(17)19-2/h4-7H,3,8-9H2,1-2H3,(H,14,17). The molecule has 1 aliphatic heterocycles. The first kappa shape index (κ1) is 13.2. The third-order valence-electron chi connectivity index (χ3n) is 3.04. The van der Waals surface area contributed by atoms with Crippen LogP contribution in [0.1, 0.15) is 6.42 Å². The Balaban J connectivity index is 2.09. The molecule has 0 atom stereocenters. The van der Waals surface area contributed by atoms with Gasteiger partial charge in [-0.2, -0.15) is 0 Å². The molecule has 1 heterocycles. The fourth-order valence-electron chi connectivity index (χ4n) is 2.00. The van der Waals surface area contributed by atoms with Crippen molar-refractivity contribution in [2.24, 2.45) is 0 Å². The van der Waals surface area contributed by atoms with E-state index in [0.29, 0.717) is 12.2 Å². The lowest BCUT2D eigenvalue weighted by Crippen LogP contribution is -2.47. The lowest BCUT2D eigenvalue weighted by molar-refractivity contribution is 0.187. The smallest absolute Gasteiger partial charge is 0.411 e. The molecule has 0 aromatic heterocycles. The Morgan fingerprint density at radius 2 is 1.95 bits per heavy atom. The Morgan fingerprint density at radius 1 is 1.26 bits per heavy atom. The van der Waals surface area contributed by atoms with Gasteiger partial charge < -0.3 is 9.64 Å². The Bertz CT molecular complexity index is 473. The highest BCUT2D eigenvalue weighted by molar-refractivity contribution is 5.93. The van der Waals surface area contributed by atoms with Crippen LogP contribution in [0.3, 0.4) is 0 Å². The summed E-state index contributed by atoms with van der Waals surface area (Å²) in [7, 11) is 3.10. The van der Waals surface area contributed by atoms with Crippen molar-refractivity contribution in [2.75, 3.05) is 37.5 Å². The summed E-state index contributed by atoms with van der Waals surface area (Å²) in [5.41, 5.74) is 1.46. The number of nitrogens with zero attached hydrogens (tertiary/aromatic N) is 2. The van der Waals surface area contributed by atoms with Gasteiger partial charge in [-0.3, -0.25) is 10.2 Å². The molecule has 6 nitrogen and oxygen atoms in total. The topological polar surface area (TPSA) is 61.9 Å². The highest BCUT2D eigenvalue weighted by Gasteiger charge is 2.23. The van der Waals surface area contributed by atoms with Crippen LogP contribution in [0.5, 0.6) is 0 Å². The van der Waals surface area contributed by atoms with Crippen LogP contribution in [0.25, 0.3) is 0 Å². The number of anilines is 2. The second-order valence-corrected chi connectivity index (χ2v) is 4.37. The number of benzene rings is 1. The van der Waals surface area contributed by atoms with Crippen LogP contribution in [-0.2, 0) is 4.74 Å². The summed E-state index contributed by atoms with van der Waals surface area (Å²) in [5.74, 6) is 0. The van der Waals surface area contributed by atoms with Gasteiger partial charge >= 0.3 is 12.1 Å². The molecule has 1 aromatic rings. The lowest BCUT2D eigenvalue weighted by atomic mass is 10.2. The van der Waals surface area contributed by atoms with Crippen LogP contribution in [0.2, 0.25) is 0 Å². The number of carbonyl (C=O) groups is 2. The van der Waals surface area contributed by atoms with Gasteiger partial charge in [-0.25, -0.2) is 9.59 Å². The monoisotopic (exact) mass is 263 g/mol. The van der Waals surface area contributed by atoms with Gasteiger partial charge in [-0.1, -0.05) is 0 Å². The van der Waals surface area contributed by atoms with Crippen molar-refractivity contribution in [2.45, 2.75) is 6.42 Å². The summed E-state index contributed by atoms with van der Waals surface area (Å²) >= 11 is 0. The van der Waals surface area contributed by atoms with Crippen molar-refractivity contribution in [1.29, 1.82) is 0 Å². The predicted octanol–water partition coefficient (Wildman–Crippen LogP) is 2.13. The molecule has 0 saturated carbocycles. The fraction of sp³-hybridized carbons (Fsp3) is 0.385. The van der Waals surface area contributed by atoms with Crippen molar-refractivity contribution in [3.63, 3.8) is 0 Å². The first-order valence-corrected chi connectivity index (χ1v) is 6.09. The molecule has 2 rings (SSSR count). The number of hydrogen-bond acceptors (Lipinski definition) is 3. The quantitative estimate of drug-likeness (QED) is 0.889. The average Bonchev–Trinajstić information content (AvgIpc) is 2.43. The Hall–Kier alpha value is -2.24. The summed E-state index contributed by atoms with van der Waals surface area (Å²) in [5, 5.41) is 2.57. The molecule has 0 bridgehead atoms. The second-order valence-electron chi connectivity index (χ2n) is 4.37. The van der Waals surface area contributed by atoms with Gasteiger partial charge in [0.25, 0.3) is 0 Å². The molecule has 0 aliphatic carbocycles. The van der Waals surface area contributed by atoms with Gasteiger partial charge in [0.2, 0.25) is 0 Å². The minimum absolute atomic E-state index is 0.0000675. The molecule has 0 spiro atoms. The molecule has 1 fully saturated rings. The number of nitrogens with one attached hydrogen (secondary N) is 1. The van der Waals surface area contributed by atoms with Gasteiger partial charge in [0, 0.05) is 31.5 Å². The van der Waals surface area contributed by atoms with E-state index in [1.165, 1.54) is 7.11 Å². The number of ether oxygens (including phenoxy) is 1. The van der Waals surface area contributed by atoms with Crippen LogP contribution in [-0.4, -0.2) is 44.3 Å². The molecule has 19 heavy (non-hydrogen) atoms.